The van der Waals surface area contributed by atoms with E-state index in [-0.39, 0.29) is 6.03 Å². The van der Waals surface area contributed by atoms with Gasteiger partial charge in [-0.3, -0.25) is 0 Å². The summed E-state index contributed by atoms with van der Waals surface area (Å²) in [4.78, 5) is 11.1. The third-order valence-electron chi connectivity index (χ3n) is 2.25. The zero-order valence-electron chi connectivity index (χ0n) is 8.14. The molecule has 0 aromatic rings. The molecule has 0 atom stereocenters. The Bertz CT molecular complexity index is 158. The maximum atomic E-state index is 11.1. The van der Waals surface area contributed by atoms with Gasteiger partial charge in [0.1, 0.15) is 0 Å². The van der Waals surface area contributed by atoms with Crippen LogP contribution in [0.1, 0.15) is 25.7 Å². The molecular formula is C9H18N2O2. The largest absolute Gasteiger partial charge is 0.385 e. The number of urea groups is 1. The number of hydrogen-bond acceptors (Lipinski definition) is 2. The van der Waals surface area contributed by atoms with Crippen LogP contribution in [0.4, 0.5) is 4.79 Å². The predicted octanol–water partition coefficient (Wildman–Crippen LogP) is 0.875. The molecule has 0 saturated heterocycles. The van der Waals surface area contributed by atoms with Crippen LogP contribution in [0, 0.1) is 0 Å². The molecule has 0 bridgehead atoms. The van der Waals surface area contributed by atoms with E-state index < -0.39 is 0 Å². The van der Waals surface area contributed by atoms with Crippen LogP contribution in [0.5, 0.6) is 0 Å². The van der Waals surface area contributed by atoms with Crippen LogP contribution in [0.2, 0.25) is 0 Å². The Morgan fingerprint density at radius 3 is 2.85 bits per heavy atom. The molecule has 1 rings (SSSR count). The fraction of sp³-hybridized carbons (Fsp3) is 0.889. The molecule has 0 spiro atoms. The van der Waals surface area contributed by atoms with E-state index in [1.807, 2.05) is 0 Å². The fourth-order valence-corrected chi connectivity index (χ4v) is 1.21. The maximum absolute atomic E-state index is 11.1. The van der Waals surface area contributed by atoms with E-state index in [2.05, 4.69) is 10.6 Å². The van der Waals surface area contributed by atoms with E-state index in [1.54, 1.807) is 7.11 Å². The second-order valence-corrected chi connectivity index (χ2v) is 3.37. The van der Waals surface area contributed by atoms with Crippen molar-refractivity contribution in [3.63, 3.8) is 0 Å². The van der Waals surface area contributed by atoms with Crippen molar-refractivity contribution >= 4 is 6.03 Å². The van der Waals surface area contributed by atoms with Gasteiger partial charge in [0.05, 0.1) is 0 Å². The fourth-order valence-electron chi connectivity index (χ4n) is 1.21. The van der Waals surface area contributed by atoms with Crippen LogP contribution in [-0.4, -0.2) is 32.3 Å². The first-order chi connectivity index (χ1) is 6.33. The number of amides is 2. The molecule has 0 unspecified atom stereocenters. The normalized spacial score (nSPS) is 16.4. The molecule has 2 amide bonds. The molecule has 1 aliphatic rings. The molecule has 13 heavy (non-hydrogen) atoms. The van der Waals surface area contributed by atoms with Gasteiger partial charge < -0.3 is 15.4 Å². The van der Waals surface area contributed by atoms with Gasteiger partial charge in [-0.05, 0) is 25.7 Å². The Balaban J connectivity index is 1.91. The van der Waals surface area contributed by atoms with Gasteiger partial charge in [0.2, 0.25) is 0 Å². The summed E-state index contributed by atoms with van der Waals surface area (Å²) in [5.41, 5.74) is 0. The van der Waals surface area contributed by atoms with E-state index >= 15 is 0 Å². The minimum Gasteiger partial charge on any atom is -0.385 e. The highest BCUT2D eigenvalue weighted by atomic mass is 16.5. The van der Waals surface area contributed by atoms with E-state index in [4.69, 9.17) is 4.74 Å². The van der Waals surface area contributed by atoms with Gasteiger partial charge in [-0.2, -0.15) is 0 Å². The van der Waals surface area contributed by atoms with E-state index in [0.717, 1.165) is 19.3 Å². The second kappa shape index (κ2) is 5.80. The van der Waals surface area contributed by atoms with E-state index in [0.29, 0.717) is 19.2 Å². The lowest BCUT2D eigenvalue weighted by Crippen LogP contribution is -2.45. The minimum absolute atomic E-state index is 0.0409. The molecule has 0 aliphatic heterocycles. The third kappa shape index (κ3) is 4.12. The molecule has 4 heteroatoms. The smallest absolute Gasteiger partial charge is 0.315 e. The Labute approximate surface area is 79.0 Å². The number of rotatable bonds is 5. The molecule has 4 nitrogen and oxygen atoms in total. The molecule has 0 aromatic carbocycles. The van der Waals surface area contributed by atoms with Crippen molar-refractivity contribution in [1.29, 1.82) is 0 Å². The first-order valence-corrected chi connectivity index (χ1v) is 4.86. The first kappa shape index (κ1) is 10.3. The molecule has 76 valence electrons. The van der Waals surface area contributed by atoms with E-state index in [9.17, 15) is 4.79 Å². The minimum atomic E-state index is -0.0409. The summed E-state index contributed by atoms with van der Waals surface area (Å²) in [6.45, 7) is 1.39. The number of methoxy groups -OCH3 is 1. The molecular weight excluding hydrogens is 168 g/mol. The summed E-state index contributed by atoms with van der Waals surface area (Å²) in [5.74, 6) is 0. The second-order valence-electron chi connectivity index (χ2n) is 3.37. The molecule has 1 aliphatic carbocycles. The molecule has 0 heterocycles. The van der Waals surface area contributed by atoms with Gasteiger partial charge in [-0.15, -0.1) is 0 Å². The quantitative estimate of drug-likeness (QED) is 0.626. The monoisotopic (exact) mass is 186 g/mol. The van der Waals surface area contributed by atoms with Crippen LogP contribution >= 0.6 is 0 Å². The van der Waals surface area contributed by atoms with Crippen molar-refractivity contribution in [3.8, 4) is 0 Å². The Morgan fingerprint density at radius 2 is 2.31 bits per heavy atom. The van der Waals surface area contributed by atoms with Crippen LogP contribution < -0.4 is 10.6 Å². The van der Waals surface area contributed by atoms with Crippen LogP contribution in [0.3, 0.4) is 0 Å². The van der Waals surface area contributed by atoms with Crippen molar-refractivity contribution < 1.29 is 9.53 Å². The van der Waals surface area contributed by atoms with Crippen molar-refractivity contribution in [3.05, 3.63) is 0 Å². The summed E-state index contributed by atoms with van der Waals surface area (Å²) >= 11 is 0. The van der Waals surface area contributed by atoms with Gasteiger partial charge in [0.25, 0.3) is 0 Å². The lowest BCUT2D eigenvalue weighted by Gasteiger charge is -2.26. The lowest BCUT2D eigenvalue weighted by atomic mass is 9.93. The average molecular weight is 186 g/mol. The number of carbonyl (C=O) groups is 1. The summed E-state index contributed by atoms with van der Waals surface area (Å²) in [5, 5.41) is 5.69. The number of hydrogen-bond donors (Lipinski definition) is 2. The molecule has 0 radical (unpaired) electrons. The van der Waals surface area contributed by atoms with Crippen LogP contribution in [0.25, 0.3) is 0 Å². The van der Waals surface area contributed by atoms with Crippen LogP contribution in [-0.2, 0) is 4.74 Å². The zero-order valence-corrected chi connectivity index (χ0v) is 8.14. The Kier molecular flexibility index (Phi) is 4.60. The maximum Gasteiger partial charge on any atom is 0.315 e. The van der Waals surface area contributed by atoms with Gasteiger partial charge in [0, 0.05) is 26.3 Å². The SMILES string of the molecule is COCCCNC(=O)NC1CCC1. The molecule has 0 aromatic heterocycles. The van der Waals surface area contributed by atoms with Crippen molar-refractivity contribution in [1.82, 2.24) is 10.6 Å². The van der Waals surface area contributed by atoms with Crippen molar-refractivity contribution in [2.24, 2.45) is 0 Å². The standard InChI is InChI=1S/C9H18N2O2/c1-13-7-3-6-10-9(12)11-8-4-2-5-8/h8H,2-7H2,1H3,(H2,10,11,12). The predicted molar refractivity (Wildman–Crippen MR) is 50.7 cm³/mol. The lowest BCUT2D eigenvalue weighted by molar-refractivity contribution is 0.192. The van der Waals surface area contributed by atoms with Gasteiger partial charge >= 0.3 is 6.03 Å². The van der Waals surface area contributed by atoms with Gasteiger partial charge in [-0.25, -0.2) is 4.79 Å². The molecule has 1 saturated carbocycles. The topological polar surface area (TPSA) is 50.4 Å². The van der Waals surface area contributed by atoms with Crippen molar-refractivity contribution in [2.45, 2.75) is 31.7 Å². The highest BCUT2D eigenvalue weighted by molar-refractivity contribution is 5.74. The van der Waals surface area contributed by atoms with Gasteiger partial charge in [-0.1, -0.05) is 0 Å². The number of carbonyl (C=O) groups excluding carboxylic acids is 1. The van der Waals surface area contributed by atoms with Gasteiger partial charge in [0.15, 0.2) is 0 Å². The first-order valence-electron chi connectivity index (χ1n) is 4.86. The highest BCUT2D eigenvalue weighted by Gasteiger charge is 2.18. The van der Waals surface area contributed by atoms with Crippen molar-refractivity contribution in [2.75, 3.05) is 20.3 Å². The van der Waals surface area contributed by atoms with Crippen LogP contribution in [0.15, 0.2) is 0 Å². The summed E-state index contributed by atoms with van der Waals surface area (Å²) in [7, 11) is 1.66. The number of ether oxygens (including phenoxy) is 1. The molecule has 2 N–H and O–H groups in total. The highest BCUT2D eigenvalue weighted by Crippen LogP contribution is 2.17. The Hall–Kier alpha value is -0.770. The summed E-state index contributed by atoms with van der Waals surface area (Å²) in [6.07, 6.45) is 4.38. The average Bonchev–Trinajstić information content (AvgIpc) is 2.06. The van der Waals surface area contributed by atoms with E-state index in [1.165, 1.54) is 6.42 Å². The third-order valence-corrected chi connectivity index (χ3v) is 2.25. The number of nitrogens with one attached hydrogen (secondary N) is 2. The summed E-state index contributed by atoms with van der Waals surface area (Å²) in [6, 6.07) is 0.378. The summed E-state index contributed by atoms with van der Waals surface area (Å²) < 4.78 is 4.87. The Morgan fingerprint density at radius 1 is 1.54 bits per heavy atom. The zero-order chi connectivity index (χ0) is 9.52. The molecule has 1 fully saturated rings.